The fourth-order valence-electron chi connectivity index (χ4n) is 3.82. The van der Waals surface area contributed by atoms with Gasteiger partial charge in [0.05, 0.1) is 17.5 Å². The minimum absolute atomic E-state index is 0.256. The smallest absolute Gasteiger partial charge is 0.255 e. The molecule has 1 aliphatic rings. The van der Waals surface area contributed by atoms with E-state index in [-0.39, 0.29) is 11.7 Å². The minimum atomic E-state index is -0.482. The van der Waals surface area contributed by atoms with E-state index in [1.54, 1.807) is 47.4 Å². The topological polar surface area (TPSA) is 84.7 Å². The summed E-state index contributed by atoms with van der Waals surface area (Å²) in [6.07, 6.45) is 3.25. The zero-order chi connectivity index (χ0) is 23.5. The summed E-state index contributed by atoms with van der Waals surface area (Å²) in [6.45, 7) is 1.85. The number of nitrogens with one attached hydrogen (secondary N) is 2. The van der Waals surface area contributed by atoms with Crippen LogP contribution in [0.1, 0.15) is 24.1 Å². The molecule has 1 amide bonds. The van der Waals surface area contributed by atoms with Crippen molar-refractivity contribution in [2.45, 2.75) is 23.9 Å². The molecule has 3 heterocycles. The van der Waals surface area contributed by atoms with Gasteiger partial charge in [-0.15, -0.1) is 5.10 Å². The lowest BCUT2D eigenvalue weighted by Gasteiger charge is -2.28. The number of anilines is 2. The zero-order valence-corrected chi connectivity index (χ0v) is 19.1. The van der Waals surface area contributed by atoms with Crippen LogP contribution in [0.2, 0.25) is 0 Å². The van der Waals surface area contributed by atoms with Gasteiger partial charge in [0.1, 0.15) is 11.9 Å². The Labute approximate surface area is 200 Å². The Hall–Kier alpha value is -3.98. The van der Waals surface area contributed by atoms with E-state index >= 15 is 0 Å². The van der Waals surface area contributed by atoms with Gasteiger partial charge in [-0.25, -0.2) is 9.07 Å². The number of carbonyl (C=O) groups is 1. The van der Waals surface area contributed by atoms with Gasteiger partial charge in [-0.1, -0.05) is 60.3 Å². The zero-order valence-electron chi connectivity index (χ0n) is 18.3. The van der Waals surface area contributed by atoms with Crippen molar-refractivity contribution in [2.75, 3.05) is 10.6 Å². The number of hydrogen-bond acceptors (Lipinski definition) is 6. The van der Waals surface area contributed by atoms with Crippen LogP contribution in [-0.4, -0.2) is 25.7 Å². The molecule has 0 saturated heterocycles. The molecule has 1 atom stereocenters. The largest absolute Gasteiger partial charge is 0.328 e. The molecule has 2 aromatic carbocycles. The van der Waals surface area contributed by atoms with Gasteiger partial charge in [0, 0.05) is 17.6 Å². The summed E-state index contributed by atoms with van der Waals surface area (Å²) in [6, 6.07) is 19.4. The Morgan fingerprint density at radius 3 is 2.68 bits per heavy atom. The standard InChI is InChI=1S/C25H21FN6OS/c1-16-21(23(33)29-19-11-7-13-27-14-19)22(17-8-3-2-4-9-17)32-24(28-16)30-25(31-32)34-15-18-10-5-6-12-20(18)26/h2-14,22H,15H2,1H3,(H,29,33)(H,28,30,31). The van der Waals surface area contributed by atoms with Crippen LogP contribution in [0.3, 0.4) is 0 Å². The van der Waals surface area contributed by atoms with E-state index in [0.29, 0.717) is 39.4 Å². The third kappa shape index (κ3) is 4.42. The van der Waals surface area contributed by atoms with Gasteiger partial charge in [0.2, 0.25) is 11.1 Å². The van der Waals surface area contributed by atoms with Crippen molar-refractivity contribution in [3.63, 3.8) is 0 Å². The highest BCUT2D eigenvalue weighted by atomic mass is 32.2. The van der Waals surface area contributed by atoms with Crippen LogP contribution in [0.4, 0.5) is 16.0 Å². The maximum absolute atomic E-state index is 14.0. The predicted octanol–water partition coefficient (Wildman–Crippen LogP) is 5.03. The molecule has 0 spiro atoms. The highest BCUT2D eigenvalue weighted by Crippen LogP contribution is 2.37. The normalized spacial score (nSPS) is 14.9. The summed E-state index contributed by atoms with van der Waals surface area (Å²) in [4.78, 5) is 22.1. The van der Waals surface area contributed by atoms with Crippen LogP contribution in [0.25, 0.3) is 0 Å². The maximum atomic E-state index is 14.0. The molecule has 5 rings (SSSR count). The summed E-state index contributed by atoms with van der Waals surface area (Å²) < 4.78 is 15.8. The molecule has 2 N–H and O–H groups in total. The van der Waals surface area contributed by atoms with E-state index in [1.807, 2.05) is 37.3 Å². The van der Waals surface area contributed by atoms with Crippen LogP contribution >= 0.6 is 11.8 Å². The second-order valence-corrected chi connectivity index (χ2v) is 8.66. The Morgan fingerprint density at radius 2 is 1.91 bits per heavy atom. The summed E-state index contributed by atoms with van der Waals surface area (Å²) in [5, 5.41) is 11.3. The number of thioether (sulfide) groups is 1. The molecule has 1 unspecified atom stereocenters. The SMILES string of the molecule is CC1=C(C(=O)Nc2cccnc2)C(c2ccccc2)n2nc(SCc3ccccc3F)nc2N1. The number of benzene rings is 2. The van der Waals surface area contributed by atoms with Crippen LogP contribution in [0.15, 0.2) is 95.6 Å². The van der Waals surface area contributed by atoms with Crippen LogP contribution < -0.4 is 10.6 Å². The first-order chi connectivity index (χ1) is 16.6. The number of aromatic nitrogens is 4. The quantitative estimate of drug-likeness (QED) is 0.383. The number of rotatable bonds is 6. The number of allylic oxidation sites excluding steroid dienone is 1. The molecule has 1 aliphatic heterocycles. The van der Waals surface area contributed by atoms with Crippen molar-refractivity contribution in [3.8, 4) is 0 Å². The summed E-state index contributed by atoms with van der Waals surface area (Å²) in [5.41, 5.74) is 3.29. The number of amides is 1. The Bertz CT molecular complexity index is 1360. The van der Waals surface area contributed by atoms with Crippen molar-refractivity contribution in [2.24, 2.45) is 0 Å². The Kier molecular flexibility index (Phi) is 6.09. The number of pyridine rings is 1. The molecule has 2 aromatic heterocycles. The molecule has 9 heteroatoms. The van der Waals surface area contributed by atoms with E-state index < -0.39 is 6.04 Å². The fraction of sp³-hybridized carbons (Fsp3) is 0.120. The number of carbonyl (C=O) groups excluding carboxylic acids is 1. The van der Waals surface area contributed by atoms with Crippen molar-refractivity contribution in [1.82, 2.24) is 19.7 Å². The van der Waals surface area contributed by atoms with Crippen LogP contribution in [-0.2, 0) is 10.5 Å². The molecule has 0 radical (unpaired) electrons. The van der Waals surface area contributed by atoms with Crippen molar-refractivity contribution in [3.05, 3.63) is 107 Å². The van der Waals surface area contributed by atoms with Gasteiger partial charge in [-0.05, 0) is 36.2 Å². The van der Waals surface area contributed by atoms with Gasteiger partial charge < -0.3 is 10.6 Å². The van der Waals surface area contributed by atoms with Crippen molar-refractivity contribution < 1.29 is 9.18 Å². The molecule has 4 aromatic rings. The fourth-order valence-corrected chi connectivity index (χ4v) is 4.64. The predicted molar refractivity (Wildman–Crippen MR) is 130 cm³/mol. The van der Waals surface area contributed by atoms with Gasteiger partial charge in [0.25, 0.3) is 5.91 Å². The molecule has 0 aliphatic carbocycles. The Balaban J connectivity index is 1.48. The first-order valence-corrected chi connectivity index (χ1v) is 11.7. The molecule has 7 nitrogen and oxygen atoms in total. The number of nitrogens with zero attached hydrogens (tertiary/aromatic N) is 4. The monoisotopic (exact) mass is 472 g/mol. The summed E-state index contributed by atoms with van der Waals surface area (Å²) in [7, 11) is 0. The first kappa shape index (κ1) is 21.8. The first-order valence-electron chi connectivity index (χ1n) is 10.7. The van der Waals surface area contributed by atoms with Gasteiger partial charge >= 0.3 is 0 Å². The van der Waals surface area contributed by atoms with Gasteiger partial charge in [-0.2, -0.15) is 4.98 Å². The highest BCUT2D eigenvalue weighted by Gasteiger charge is 2.34. The average molecular weight is 473 g/mol. The van der Waals surface area contributed by atoms with E-state index in [4.69, 9.17) is 0 Å². The maximum Gasteiger partial charge on any atom is 0.255 e. The van der Waals surface area contributed by atoms with E-state index in [1.165, 1.54) is 17.8 Å². The van der Waals surface area contributed by atoms with Crippen LogP contribution in [0, 0.1) is 5.82 Å². The molecule has 34 heavy (non-hydrogen) atoms. The molecular weight excluding hydrogens is 451 g/mol. The van der Waals surface area contributed by atoms with E-state index in [9.17, 15) is 9.18 Å². The van der Waals surface area contributed by atoms with Gasteiger partial charge in [0.15, 0.2) is 0 Å². The number of fused-ring (bicyclic) bond motifs is 1. The second-order valence-electron chi connectivity index (χ2n) is 7.72. The number of hydrogen-bond donors (Lipinski definition) is 2. The molecule has 0 bridgehead atoms. The third-order valence-electron chi connectivity index (χ3n) is 5.43. The number of halogens is 1. The lowest BCUT2D eigenvalue weighted by molar-refractivity contribution is -0.113. The lowest BCUT2D eigenvalue weighted by Crippen LogP contribution is -2.31. The summed E-state index contributed by atoms with van der Waals surface area (Å²) in [5.74, 6) is 0.410. The molecule has 170 valence electrons. The molecule has 0 fully saturated rings. The third-order valence-corrected chi connectivity index (χ3v) is 6.31. The van der Waals surface area contributed by atoms with Crippen molar-refractivity contribution >= 4 is 29.3 Å². The molecular formula is C25H21FN6OS. The molecule has 0 saturated carbocycles. The van der Waals surface area contributed by atoms with E-state index in [0.717, 1.165) is 5.56 Å². The lowest BCUT2D eigenvalue weighted by atomic mass is 9.95. The van der Waals surface area contributed by atoms with Crippen LogP contribution in [0.5, 0.6) is 0 Å². The minimum Gasteiger partial charge on any atom is -0.328 e. The van der Waals surface area contributed by atoms with Gasteiger partial charge in [-0.3, -0.25) is 9.78 Å². The highest BCUT2D eigenvalue weighted by molar-refractivity contribution is 7.98. The Morgan fingerprint density at radius 1 is 1.12 bits per heavy atom. The van der Waals surface area contributed by atoms with Crippen molar-refractivity contribution in [1.29, 1.82) is 0 Å². The average Bonchev–Trinajstić information content (AvgIpc) is 3.26. The second kappa shape index (κ2) is 9.48. The van der Waals surface area contributed by atoms with E-state index in [2.05, 4.69) is 25.7 Å². The summed E-state index contributed by atoms with van der Waals surface area (Å²) >= 11 is 1.34.